The molecule has 0 N–H and O–H groups in total. The van der Waals surface area contributed by atoms with E-state index in [9.17, 15) is 4.79 Å². The van der Waals surface area contributed by atoms with Crippen LogP contribution in [-0.4, -0.2) is 26.6 Å². The van der Waals surface area contributed by atoms with Gasteiger partial charge >= 0.3 is 0 Å². The Morgan fingerprint density at radius 3 is 2.45 bits per heavy atom. The Balaban J connectivity index is 2.64. The van der Waals surface area contributed by atoms with Gasteiger partial charge in [-0.15, -0.1) is 11.8 Å². The van der Waals surface area contributed by atoms with Crippen LogP contribution in [0.1, 0.15) is 31.2 Å². The molecule has 0 radical (unpaired) electrons. The van der Waals surface area contributed by atoms with E-state index in [-0.39, 0.29) is 0 Å². The first kappa shape index (κ1) is 14.9. The molecule has 0 aromatic heterocycles. The molecule has 1 aromatic carbocycles. The quantitative estimate of drug-likeness (QED) is 0.473. The summed E-state index contributed by atoms with van der Waals surface area (Å²) in [4.78, 5) is 16.0. The summed E-state index contributed by atoms with van der Waals surface area (Å²) in [5.41, 5.74) is 0.600. The van der Waals surface area contributed by atoms with Crippen LogP contribution in [0.4, 0.5) is 0 Å². The molecule has 0 saturated heterocycles. The lowest BCUT2D eigenvalue weighted by Gasteiger charge is -2.27. The number of hydrogen-bond donors (Lipinski definition) is 0. The maximum absolute atomic E-state index is 10.9. The van der Waals surface area contributed by atoms with Gasteiger partial charge in [0.2, 0.25) is 6.08 Å². The fourth-order valence-electron chi connectivity index (χ4n) is 2.96. The van der Waals surface area contributed by atoms with Crippen LogP contribution in [0.25, 0.3) is 0 Å². The molecule has 0 aliphatic heterocycles. The van der Waals surface area contributed by atoms with Gasteiger partial charge in [-0.25, -0.2) is 4.79 Å². The predicted octanol–water partition coefficient (Wildman–Crippen LogP) is 3.53. The van der Waals surface area contributed by atoms with Crippen LogP contribution >= 0.6 is 11.8 Å². The Bertz CT molecular complexity index is 532. The summed E-state index contributed by atoms with van der Waals surface area (Å²) in [5.74, 6) is 1.41. The van der Waals surface area contributed by atoms with E-state index < -0.39 is 5.54 Å². The van der Waals surface area contributed by atoms with E-state index in [4.69, 9.17) is 9.47 Å². The van der Waals surface area contributed by atoms with Crippen molar-refractivity contribution in [2.75, 3.05) is 20.5 Å². The summed E-state index contributed by atoms with van der Waals surface area (Å²) < 4.78 is 10.8. The van der Waals surface area contributed by atoms with Gasteiger partial charge in [0.05, 0.1) is 24.7 Å². The van der Waals surface area contributed by atoms with Crippen molar-refractivity contribution in [1.29, 1.82) is 0 Å². The highest BCUT2D eigenvalue weighted by molar-refractivity contribution is 7.98. The lowest BCUT2D eigenvalue weighted by atomic mass is 9.88. The zero-order valence-electron chi connectivity index (χ0n) is 12.1. The second kappa shape index (κ2) is 6.33. The van der Waals surface area contributed by atoms with E-state index in [1.807, 2.05) is 18.4 Å². The van der Waals surface area contributed by atoms with Gasteiger partial charge in [0, 0.05) is 0 Å². The molecule has 1 aromatic rings. The molecular weight excluding hydrogens is 274 g/mol. The molecule has 1 aliphatic rings. The SMILES string of the molecule is COc1ccc(C2(N=C=O)CCCC2)c(SC)c1OC. The number of rotatable bonds is 5. The highest BCUT2D eigenvalue weighted by atomic mass is 32.2. The number of nitrogens with zero attached hydrogens (tertiary/aromatic N) is 1. The second-order valence-electron chi connectivity index (χ2n) is 4.82. The molecule has 0 amide bonds. The third-order valence-electron chi connectivity index (χ3n) is 3.90. The molecule has 2 rings (SSSR count). The van der Waals surface area contributed by atoms with E-state index in [0.717, 1.165) is 36.1 Å². The topological polar surface area (TPSA) is 47.9 Å². The average molecular weight is 293 g/mol. The van der Waals surface area contributed by atoms with E-state index >= 15 is 0 Å². The van der Waals surface area contributed by atoms with Crippen molar-refractivity contribution in [3.8, 4) is 11.5 Å². The zero-order chi connectivity index (χ0) is 14.6. The summed E-state index contributed by atoms with van der Waals surface area (Å²) in [5, 5.41) is 0. The number of aliphatic imine (C=N–C) groups is 1. The van der Waals surface area contributed by atoms with Crippen LogP contribution in [0.2, 0.25) is 0 Å². The molecule has 108 valence electrons. The molecular formula is C15H19NO3S. The van der Waals surface area contributed by atoms with Gasteiger partial charge in [0.25, 0.3) is 0 Å². The molecule has 1 aliphatic carbocycles. The standard InChI is InChI=1S/C15H19NO3S/c1-18-12-7-6-11(14(20-3)13(12)19-2)15(16-10-17)8-4-5-9-15/h6-7H,4-5,8-9H2,1-3H3. The van der Waals surface area contributed by atoms with Crippen LogP contribution < -0.4 is 9.47 Å². The largest absolute Gasteiger partial charge is 0.493 e. The van der Waals surface area contributed by atoms with Gasteiger partial charge in [-0.3, -0.25) is 0 Å². The van der Waals surface area contributed by atoms with Crippen molar-refractivity contribution in [3.63, 3.8) is 0 Å². The first-order valence-electron chi connectivity index (χ1n) is 6.61. The smallest absolute Gasteiger partial charge is 0.235 e. The lowest BCUT2D eigenvalue weighted by molar-refractivity contribution is 0.343. The molecule has 1 saturated carbocycles. The Kier molecular flexibility index (Phi) is 4.73. The highest BCUT2D eigenvalue weighted by Gasteiger charge is 2.38. The van der Waals surface area contributed by atoms with Gasteiger partial charge in [0.1, 0.15) is 0 Å². The van der Waals surface area contributed by atoms with Gasteiger partial charge in [0.15, 0.2) is 11.5 Å². The van der Waals surface area contributed by atoms with E-state index in [0.29, 0.717) is 11.5 Å². The number of isocyanates is 1. The van der Waals surface area contributed by atoms with Crippen LogP contribution in [0, 0.1) is 0 Å². The van der Waals surface area contributed by atoms with Crippen molar-refractivity contribution in [3.05, 3.63) is 17.7 Å². The minimum atomic E-state index is -0.445. The van der Waals surface area contributed by atoms with Crippen LogP contribution in [-0.2, 0) is 10.3 Å². The number of thioether (sulfide) groups is 1. The molecule has 0 spiro atoms. The Labute approximate surface area is 123 Å². The maximum atomic E-state index is 10.9. The van der Waals surface area contributed by atoms with Crippen molar-refractivity contribution in [1.82, 2.24) is 0 Å². The Morgan fingerprint density at radius 1 is 1.25 bits per heavy atom. The molecule has 5 heteroatoms. The molecule has 0 unspecified atom stereocenters. The molecule has 0 atom stereocenters. The summed E-state index contributed by atoms with van der Waals surface area (Å²) in [7, 11) is 3.25. The van der Waals surface area contributed by atoms with Gasteiger partial charge in [-0.1, -0.05) is 18.9 Å². The molecule has 1 fully saturated rings. The molecule has 4 nitrogen and oxygen atoms in total. The first-order chi connectivity index (χ1) is 9.72. The van der Waals surface area contributed by atoms with Crippen molar-refractivity contribution < 1.29 is 14.3 Å². The molecule has 0 heterocycles. The van der Waals surface area contributed by atoms with Gasteiger partial charge < -0.3 is 9.47 Å². The normalized spacial score (nSPS) is 16.6. The van der Waals surface area contributed by atoms with Gasteiger partial charge in [-0.2, -0.15) is 4.99 Å². The van der Waals surface area contributed by atoms with Crippen molar-refractivity contribution in [2.24, 2.45) is 4.99 Å². The third kappa shape index (κ3) is 2.43. The number of benzene rings is 1. The number of ether oxygens (including phenoxy) is 2. The van der Waals surface area contributed by atoms with Gasteiger partial charge in [-0.05, 0) is 30.7 Å². The highest BCUT2D eigenvalue weighted by Crippen LogP contribution is 2.49. The number of hydrogen-bond acceptors (Lipinski definition) is 5. The van der Waals surface area contributed by atoms with Crippen LogP contribution in [0.15, 0.2) is 22.0 Å². The van der Waals surface area contributed by atoms with E-state index in [1.54, 1.807) is 32.1 Å². The molecule has 20 heavy (non-hydrogen) atoms. The number of carbonyl (C=O) groups excluding carboxylic acids is 1. The van der Waals surface area contributed by atoms with Crippen molar-refractivity contribution in [2.45, 2.75) is 36.1 Å². The Hall–Kier alpha value is -1.45. The first-order valence-corrected chi connectivity index (χ1v) is 7.83. The van der Waals surface area contributed by atoms with Crippen LogP contribution in [0.3, 0.4) is 0 Å². The van der Waals surface area contributed by atoms with E-state index in [1.165, 1.54) is 0 Å². The zero-order valence-corrected chi connectivity index (χ0v) is 12.9. The third-order valence-corrected chi connectivity index (χ3v) is 4.71. The summed E-state index contributed by atoms with van der Waals surface area (Å²) in [6.07, 6.45) is 7.67. The lowest BCUT2D eigenvalue weighted by Crippen LogP contribution is -2.20. The fourth-order valence-corrected chi connectivity index (χ4v) is 3.80. The van der Waals surface area contributed by atoms with Crippen LogP contribution in [0.5, 0.6) is 11.5 Å². The predicted molar refractivity (Wildman–Crippen MR) is 79.6 cm³/mol. The average Bonchev–Trinajstić information content (AvgIpc) is 2.95. The summed E-state index contributed by atoms with van der Waals surface area (Å²) in [6.45, 7) is 0. The minimum Gasteiger partial charge on any atom is -0.493 e. The van der Waals surface area contributed by atoms with E-state index in [2.05, 4.69) is 4.99 Å². The van der Waals surface area contributed by atoms with Crippen molar-refractivity contribution >= 4 is 17.8 Å². The minimum absolute atomic E-state index is 0.445. The second-order valence-corrected chi connectivity index (χ2v) is 5.64. The monoisotopic (exact) mass is 293 g/mol. The summed E-state index contributed by atoms with van der Waals surface area (Å²) in [6, 6.07) is 3.88. The number of methoxy groups -OCH3 is 2. The summed E-state index contributed by atoms with van der Waals surface area (Å²) >= 11 is 1.59. The molecule has 0 bridgehead atoms. The maximum Gasteiger partial charge on any atom is 0.235 e. The Morgan fingerprint density at radius 2 is 1.95 bits per heavy atom. The fraction of sp³-hybridized carbons (Fsp3) is 0.533.